The maximum absolute atomic E-state index is 11.6. The number of hydrogen-bond acceptors (Lipinski definition) is 3. The molecule has 2 fully saturated rings. The van der Waals surface area contributed by atoms with Gasteiger partial charge in [-0.05, 0) is 24.8 Å². The first kappa shape index (κ1) is 17.1. The maximum atomic E-state index is 11.6. The number of rotatable bonds is 4. The molecule has 0 spiro atoms. The molecule has 1 saturated carbocycles. The van der Waals surface area contributed by atoms with E-state index in [4.69, 9.17) is 11.6 Å². The summed E-state index contributed by atoms with van der Waals surface area (Å²) in [6, 6.07) is 10.7. The molecular formula is C20H26ClN3O. The van der Waals surface area contributed by atoms with Crippen LogP contribution in [-0.4, -0.2) is 38.9 Å². The predicted octanol–water partition coefficient (Wildman–Crippen LogP) is 3.69. The first-order valence-corrected chi connectivity index (χ1v) is 9.74. The van der Waals surface area contributed by atoms with Gasteiger partial charge in [-0.2, -0.15) is 5.10 Å². The first-order valence-electron chi connectivity index (χ1n) is 9.37. The van der Waals surface area contributed by atoms with Gasteiger partial charge in [-0.25, -0.2) is 0 Å². The Labute approximate surface area is 154 Å². The van der Waals surface area contributed by atoms with Crippen LogP contribution in [0.15, 0.2) is 42.7 Å². The van der Waals surface area contributed by atoms with Crippen LogP contribution in [0.25, 0.3) is 0 Å². The zero-order chi connectivity index (χ0) is 17.3. The van der Waals surface area contributed by atoms with E-state index in [2.05, 4.69) is 22.1 Å². The second-order valence-electron chi connectivity index (χ2n) is 7.46. The Morgan fingerprint density at radius 2 is 1.96 bits per heavy atom. The van der Waals surface area contributed by atoms with Crippen molar-refractivity contribution in [3.8, 4) is 0 Å². The molecule has 3 atom stereocenters. The number of halogens is 1. The number of aromatic nitrogens is 2. The predicted molar refractivity (Wildman–Crippen MR) is 99.5 cm³/mol. The van der Waals surface area contributed by atoms with E-state index in [1.54, 1.807) is 6.20 Å². The number of likely N-dealkylation sites (tertiary alicyclic amines) is 1. The highest BCUT2D eigenvalue weighted by molar-refractivity contribution is 6.30. The van der Waals surface area contributed by atoms with Gasteiger partial charge in [0.2, 0.25) is 0 Å². The SMILES string of the molecule is O[C@@]1(c2ccccc2)CCN(CCn2cc(Cl)cn2)[C@@H]2CCCC[C@@H]21. The lowest BCUT2D eigenvalue weighted by atomic mass is 9.66. The fourth-order valence-corrected chi connectivity index (χ4v) is 4.98. The molecule has 4 rings (SSSR count). The van der Waals surface area contributed by atoms with Crippen molar-refractivity contribution in [3.05, 3.63) is 53.3 Å². The molecule has 1 N–H and O–H groups in total. The summed E-state index contributed by atoms with van der Waals surface area (Å²) in [5, 5.41) is 16.6. The van der Waals surface area contributed by atoms with Crippen LogP contribution in [0.2, 0.25) is 5.02 Å². The van der Waals surface area contributed by atoms with Gasteiger partial charge in [-0.15, -0.1) is 0 Å². The summed E-state index contributed by atoms with van der Waals surface area (Å²) in [6.45, 7) is 2.74. The van der Waals surface area contributed by atoms with E-state index in [1.807, 2.05) is 29.1 Å². The van der Waals surface area contributed by atoms with Gasteiger partial charge in [0, 0.05) is 31.2 Å². The van der Waals surface area contributed by atoms with E-state index in [0.29, 0.717) is 17.0 Å². The number of hydrogen-bond donors (Lipinski definition) is 1. The van der Waals surface area contributed by atoms with Crippen molar-refractivity contribution in [2.75, 3.05) is 13.1 Å². The smallest absolute Gasteiger partial charge is 0.0951 e. The minimum Gasteiger partial charge on any atom is -0.385 e. The van der Waals surface area contributed by atoms with E-state index in [9.17, 15) is 5.11 Å². The average Bonchev–Trinajstić information content (AvgIpc) is 3.07. The van der Waals surface area contributed by atoms with Gasteiger partial charge in [0.1, 0.15) is 0 Å². The highest BCUT2D eigenvalue weighted by Gasteiger charge is 2.48. The van der Waals surface area contributed by atoms with Crippen LogP contribution < -0.4 is 0 Å². The highest BCUT2D eigenvalue weighted by atomic mass is 35.5. The molecule has 2 aliphatic rings. The molecule has 1 aromatic carbocycles. The maximum Gasteiger partial charge on any atom is 0.0951 e. The fraction of sp³-hybridized carbons (Fsp3) is 0.550. The minimum absolute atomic E-state index is 0.318. The Hall–Kier alpha value is -1.36. The van der Waals surface area contributed by atoms with Crippen molar-refractivity contribution < 1.29 is 5.11 Å². The van der Waals surface area contributed by atoms with E-state index < -0.39 is 5.60 Å². The highest BCUT2D eigenvalue weighted by Crippen LogP contribution is 2.46. The second-order valence-corrected chi connectivity index (χ2v) is 7.89. The van der Waals surface area contributed by atoms with Crippen LogP contribution >= 0.6 is 11.6 Å². The third-order valence-electron chi connectivity index (χ3n) is 6.08. The molecular weight excluding hydrogens is 334 g/mol. The Morgan fingerprint density at radius 1 is 1.16 bits per heavy atom. The first-order chi connectivity index (χ1) is 12.2. The summed E-state index contributed by atoms with van der Waals surface area (Å²) in [5.41, 5.74) is 0.406. The van der Waals surface area contributed by atoms with Gasteiger partial charge < -0.3 is 5.11 Å². The van der Waals surface area contributed by atoms with Crippen molar-refractivity contribution in [2.45, 2.75) is 50.3 Å². The second kappa shape index (κ2) is 7.10. The quantitative estimate of drug-likeness (QED) is 0.905. The number of fused-ring (bicyclic) bond motifs is 1. The molecule has 134 valence electrons. The van der Waals surface area contributed by atoms with Crippen molar-refractivity contribution in [1.29, 1.82) is 0 Å². The largest absolute Gasteiger partial charge is 0.385 e. The third-order valence-corrected chi connectivity index (χ3v) is 6.28. The van der Waals surface area contributed by atoms with Crippen LogP contribution in [0.3, 0.4) is 0 Å². The van der Waals surface area contributed by atoms with E-state index >= 15 is 0 Å². The molecule has 5 heteroatoms. The number of benzene rings is 1. The fourth-order valence-electron chi connectivity index (χ4n) is 4.83. The van der Waals surface area contributed by atoms with E-state index in [1.165, 1.54) is 19.3 Å². The molecule has 1 aliphatic carbocycles. The molecule has 0 amide bonds. The molecule has 1 aromatic heterocycles. The monoisotopic (exact) mass is 359 g/mol. The van der Waals surface area contributed by atoms with Crippen LogP contribution in [0.1, 0.15) is 37.7 Å². The van der Waals surface area contributed by atoms with Crippen LogP contribution in [0.5, 0.6) is 0 Å². The van der Waals surface area contributed by atoms with Gasteiger partial charge in [0.15, 0.2) is 0 Å². The van der Waals surface area contributed by atoms with Crippen molar-refractivity contribution in [2.24, 2.45) is 5.92 Å². The number of piperidine rings is 1. The Balaban J connectivity index is 1.51. The molecule has 4 nitrogen and oxygen atoms in total. The molecule has 1 saturated heterocycles. The van der Waals surface area contributed by atoms with Gasteiger partial charge in [0.25, 0.3) is 0 Å². The molecule has 1 aliphatic heterocycles. The van der Waals surface area contributed by atoms with Crippen LogP contribution in [0, 0.1) is 5.92 Å². The zero-order valence-electron chi connectivity index (χ0n) is 14.5. The minimum atomic E-state index is -0.683. The summed E-state index contributed by atoms with van der Waals surface area (Å²) < 4.78 is 1.91. The van der Waals surface area contributed by atoms with Gasteiger partial charge in [0.05, 0.1) is 23.4 Å². The molecule has 2 aromatic rings. The lowest BCUT2D eigenvalue weighted by molar-refractivity contribution is -0.121. The number of aliphatic hydroxyl groups is 1. The molecule has 25 heavy (non-hydrogen) atoms. The average molecular weight is 360 g/mol. The topological polar surface area (TPSA) is 41.3 Å². The summed E-state index contributed by atoms with van der Waals surface area (Å²) in [4.78, 5) is 2.57. The van der Waals surface area contributed by atoms with Crippen LogP contribution in [0.4, 0.5) is 0 Å². The zero-order valence-corrected chi connectivity index (χ0v) is 15.3. The molecule has 0 radical (unpaired) electrons. The van der Waals surface area contributed by atoms with E-state index in [-0.39, 0.29) is 0 Å². The van der Waals surface area contributed by atoms with Gasteiger partial charge >= 0.3 is 0 Å². The summed E-state index contributed by atoms with van der Waals surface area (Å²) >= 11 is 5.97. The normalized spacial score (nSPS) is 30.2. The van der Waals surface area contributed by atoms with Gasteiger partial charge in [-0.1, -0.05) is 54.8 Å². The Kier molecular flexibility index (Phi) is 4.85. The lowest BCUT2D eigenvalue weighted by Gasteiger charge is -2.52. The Bertz CT molecular complexity index is 704. The summed E-state index contributed by atoms with van der Waals surface area (Å²) in [5.74, 6) is 0.318. The molecule has 0 unspecified atom stereocenters. The Morgan fingerprint density at radius 3 is 2.72 bits per heavy atom. The summed E-state index contributed by atoms with van der Waals surface area (Å²) in [7, 11) is 0. The third kappa shape index (κ3) is 3.35. The van der Waals surface area contributed by atoms with Gasteiger partial charge in [-0.3, -0.25) is 9.58 Å². The molecule has 2 heterocycles. The number of nitrogens with zero attached hydrogens (tertiary/aromatic N) is 3. The summed E-state index contributed by atoms with van der Waals surface area (Å²) in [6.07, 6.45) is 9.15. The van der Waals surface area contributed by atoms with Crippen LogP contribution in [-0.2, 0) is 12.1 Å². The van der Waals surface area contributed by atoms with Crippen molar-refractivity contribution in [1.82, 2.24) is 14.7 Å². The van der Waals surface area contributed by atoms with E-state index in [0.717, 1.165) is 38.0 Å². The lowest BCUT2D eigenvalue weighted by Crippen LogP contribution is -2.57. The standard InChI is InChI=1S/C20H26ClN3O/c21-17-14-22-24(15-17)13-12-23-11-10-20(25,16-6-2-1-3-7-16)18-8-4-5-9-19(18)23/h1-3,6-7,14-15,18-19,25H,4-5,8-13H2/t18-,19+,20+/m0/s1. The molecule has 0 bridgehead atoms. The van der Waals surface area contributed by atoms with Crippen molar-refractivity contribution in [3.63, 3.8) is 0 Å². The van der Waals surface area contributed by atoms with Crippen molar-refractivity contribution >= 4 is 11.6 Å².